The standard InChI is InChI=1S/C12H8ClFN2O2/c1-18-12(17)11-15-5-4-10(16-11)8-6-7(13)2-3-9(8)14/h2-6H,1H3. The molecule has 1 aromatic carbocycles. The van der Waals surface area contributed by atoms with Gasteiger partial charge in [-0.05, 0) is 24.3 Å². The molecule has 0 aliphatic heterocycles. The van der Waals surface area contributed by atoms with Crippen molar-refractivity contribution in [2.45, 2.75) is 0 Å². The number of hydrogen-bond acceptors (Lipinski definition) is 4. The topological polar surface area (TPSA) is 52.1 Å². The van der Waals surface area contributed by atoms with Crippen molar-refractivity contribution < 1.29 is 13.9 Å². The van der Waals surface area contributed by atoms with Crippen molar-refractivity contribution in [3.63, 3.8) is 0 Å². The molecule has 0 aliphatic rings. The zero-order chi connectivity index (χ0) is 13.1. The molecule has 2 rings (SSSR count). The lowest BCUT2D eigenvalue weighted by Gasteiger charge is -2.04. The Hall–Kier alpha value is -2.01. The van der Waals surface area contributed by atoms with Gasteiger partial charge in [0, 0.05) is 16.8 Å². The summed E-state index contributed by atoms with van der Waals surface area (Å²) in [4.78, 5) is 19.0. The Bertz CT molecular complexity index is 604. The van der Waals surface area contributed by atoms with E-state index >= 15 is 0 Å². The van der Waals surface area contributed by atoms with Gasteiger partial charge in [-0.1, -0.05) is 11.6 Å². The Balaban J connectivity index is 2.51. The first-order valence-electron chi connectivity index (χ1n) is 4.98. The lowest BCUT2D eigenvalue weighted by atomic mass is 10.1. The third-order valence-corrected chi connectivity index (χ3v) is 2.46. The van der Waals surface area contributed by atoms with Crippen LogP contribution in [-0.4, -0.2) is 23.0 Å². The third-order valence-electron chi connectivity index (χ3n) is 2.23. The van der Waals surface area contributed by atoms with Gasteiger partial charge < -0.3 is 4.74 Å². The fourth-order valence-corrected chi connectivity index (χ4v) is 1.56. The summed E-state index contributed by atoms with van der Waals surface area (Å²) >= 11 is 5.79. The second-order valence-electron chi connectivity index (χ2n) is 3.38. The molecule has 0 N–H and O–H groups in total. The van der Waals surface area contributed by atoms with Crippen LogP contribution >= 0.6 is 11.6 Å². The van der Waals surface area contributed by atoms with E-state index in [1.54, 1.807) is 0 Å². The Morgan fingerprint density at radius 1 is 1.39 bits per heavy atom. The highest BCUT2D eigenvalue weighted by Crippen LogP contribution is 2.24. The van der Waals surface area contributed by atoms with Crippen molar-refractivity contribution in [1.29, 1.82) is 0 Å². The van der Waals surface area contributed by atoms with Crippen molar-refractivity contribution in [3.05, 3.63) is 47.1 Å². The number of carbonyl (C=O) groups is 1. The summed E-state index contributed by atoms with van der Waals surface area (Å²) in [7, 11) is 1.22. The normalized spacial score (nSPS) is 10.2. The van der Waals surface area contributed by atoms with E-state index in [-0.39, 0.29) is 17.1 Å². The highest BCUT2D eigenvalue weighted by atomic mass is 35.5. The first-order valence-corrected chi connectivity index (χ1v) is 5.36. The van der Waals surface area contributed by atoms with Crippen LogP contribution in [0, 0.1) is 5.82 Å². The summed E-state index contributed by atoms with van der Waals surface area (Å²) in [6.45, 7) is 0. The van der Waals surface area contributed by atoms with Gasteiger partial charge in [-0.15, -0.1) is 0 Å². The number of esters is 1. The van der Waals surface area contributed by atoms with Gasteiger partial charge in [0.15, 0.2) is 0 Å². The number of carbonyl (C=O) groups excluding carboxylic acids is 1. The number of hydrogen-bond donors (Lipinski definition) is 0. The summed E-state index contributed by atoms with van der Waals surface area (Å²) in [5.41, 5.74) is 0.473. The molecule has 0 fully saturated rings. The molecule has 0 spiro atoms. The molecule has 18 heavy (non-hydrogen) atoms. The van der Waals surface area contributed by atoms with E-state index in [0.717, 1.165) is 0 Å². The van der Waals surface area contributed by atoms with Gasteiger partial charge in [0.1, 0.15) is 5.82 Å². The van der Waals surface area contributed by atoms with E-state index in [1.165, 1.54) is 37.6 Å². The summed E-state index contributed by atoms with van der Waals surface area (Å²) in [5, 5.41) is 0.379. The van der Waals surface area contributed by atoms with Gasteiger partial charge in [0.05, 0.1) is 12.8 Å². The molecule has 4 nitrogen and oxygen atoms in total. The molecule has 0 saturated heterocycles. The van der Waals surface area contributed by atoms with E-state index in [4.69, 9.17) is 11.6 Å². The second kappa shape index (κ2) is 5.10. The van der Waals surface area contributed by atoms with Crippen molar-refractivity contribution >= 4 is 17.6 Å². The minimum atomic E-state index is -0.681. The van der Waals surface area contributed by atoms with Crippen molar-refractivity contribution in [2.24, 2.45) is 0 Å². The Morgan fingerprint density at radius 2 is 2.17 bits per heavy atom. The van der Waals surface area contributed by atoms with Crippen LogP contribution in [0.2, 0.25) is 5.02 Å². The minimum absolute atomic E-state index is 0.130. The zero-order valence-electron chi connectivity index (χ0n) is 9.35. The van der Waals surface area contributed by atoms with Gasteiger partial charge >= 0.3 is 5.97 Å². The molecule has 6 heteroatoms. The number of benzene rings is 1. The summed E-state index contributed by atoms with van der Waals surface area (Å²) in [6.07, 6.45) is 1.36. The van der Waals surface area contributed by atoms with E-state index in [1.807, 2.05) is 0 Å². The first kappa shape index (κ1) is 12.4. The first-order chi connectivity index (χ1) is 8.61. The van der Waals surface area contributed by atoms with Crippen LogP contribution in [0.25, 0.3) is 11.3 Å². The van der Waals surface area contributed by atoms with Crippen LogP contribution in [0.15, 0.2) is 30.5 Å². The van der Waals surface area contributed by atoms with Crippen LogP contribution in [0.3, 0.4) is 0 Å². The molecular weight excluding hydrogens is 259 g/mol. The van der Waals surface area contributed by atoms with Crippen LogP contribution in [0.1, 0.15) is 10.6 Å². The van der Waals surface area contributed by atoms with Crippen LogP contribution in [-0.2, 0) is 4.74 Å². The van der Waals surface area contributed by atoms with Gasteiger partial charge in [0.2, 0.25) is 5.82 Å². The van der Waals surface area contributed by atoms with Crippen LogP contribution in [0.4, 0.5) is 4.39 Å². The quantitative estimate of drug-likeness (QED) is 0.784. The smallest absolute Gasteiger partial charge is 0.376 e. The molecule has 0 amide bonds. The van der Waals surface area contributed by atoms with E-state index in [0.29, 0.717) is 5.02 Å². The maximum absolute atomic E-state index is 13.6. The lowest BCUT2D eigenvalue weighted by Crippen LogP contribution is -2.07. The molecule has 0 aliphatic carbocycles. The van der Waals surface area contributed by atoms with Gasteiger partial charge in [-0.2, -0.15) is 0 Å². The van der Waals surface area contributed by atoms with Gasteiger partial charge in [0.25, 0.3) is 0 Å². The average molecular weight is 267 g/mol. The fraction of sp³-hybridized carbons (Fsp3) is 0.0833. The van der Waals surface area contributed by atoms with E-state index < -0.39 is 11.8 Å². The van der Waals surface area contributed by atoms with Crippen molar-refractivity contribution in [2.75, 3.05) is 7.11 Å². The molecule has 0 unspecified atom stereocenters. The number of methoxy groups -OCH3 is 1. The molecule has 0 saturated carbocycles. The summed E-state index contributed by atoms with van der Waals surface area (Å²) < 4.78 is 18.1. The molecule has 0 atom stereocenters. The molecule has 0 bridgehead atoms. The fourth-order valence-electron chi connectivity index (χ4n) is 1.39. The maximum atomic E-state index is 13.6. The number of ether oxygens (including phenoxy) is 1. The molecule has 92 valence electrons. The highest BCUT2D eigenvalue weighted by molar-refractivity contribution is 6.30. The van der Waals surface area contributed by atoms with Crippen LogP contribution in [0.5, 0.6) is 0 Å². The maximum Gasteiger partial charge on any atom is 0.376 e. The van der Waals surface area contributed by atoms with Crippen LogP contribution < -0.4 is 0 Å². The molecule has 1 heterocycles. The molecule has 2 aromatic rings. The van der Waals surface area contributed by atoms with E-state index in [9.17, 15) is 9.18 Å². The third kappa shape index (κ3) is 2.46. The number of halogens is 2. The Labute approximate surface area is 107 Å². The number of rotatable bonds is 2. The SMILES string of the molecule is COC(=O)c1nccc(-c2cc(Cl)ccc2F)n1. The second-order valence-corrected chi connectivity index (χ2v) is 3.82. The summed E-state index contributed by atoms with van der Waals surface area (Å²) in [6, 6.07) is 5.59. The van der Waals surface area contributed by atoms with Crippen molar-refractivity contribution in [1.82, 2.24) is 9.97 Å². The van der Waals surface area contributed by atoms with Gasteiger partial charge in [-0.25, -0.2) is 19.2 Å². The van der Waals surface area contributed by atoms with E-state index in [2.05, 4.69) is 14.7 Å². The largest absolute Gasteiger partial charge is 0.463 e. The predicted molar refractivity (Wildman–Crippen MR) is 63.8 cm³/mol. The minimum Gasteiger partial charge on any atom is -0.463 e. The Morgan fingerprint density at radius 3 is 2.89 bits per heavy atom. The zero-order valence-corrected chi connectivity index (χ0v) is 10.1. The number of aromatic nitrogens is 2. The number of nitrogens with zero attached hydrogens (tertiary/aromatic N) is 2. The monoisotopic (exact) mass is 266 g/mol. The average Bonchev–Trinajstić information content (AvgIpc) is 2.40. The molecule has 0 radical (unpaired) electrons. The Kier molecular flexibility index (Phi) is 3.53. The predicted octanol–water partition coefficient (Wildman–Crippen LogP) is 2.72. The van der Waals surface area contributed by atoms with Gasteiger partial charge in [-0.3, -0.25) is 0 Å². The summed E-state index contributed by atoms with van der Waals surface area (Å²) in [5.74, 6) is -1.29. The van der Waals surface area contributed by atoms with Crippen molar-refractivity contribution in [3.8, 4) is 11.3 Å². The lowest BCUT2D eigenvalue weighted by molar-refractivity contribution is 0.0587. The highest BCUT2D eigenvalue weighted by Gasteiger charge is 2.13. The molecular formula is C12H8ClFN2O2. The molecule has 1 aromatic heterocycles.